The monoisotopic (exact) mass is 370 g/mol. The SMILES string of the molecule is CCC(C)NC(=O)C(C)N(Cc1ccccc1F)C(=O)Cc1ccccc1. The minimum absolute atomic E-state index is 0.0134. The highest BCUT2D eigenvalue weighted by Gasteiger charge is 2.27. The average molecular weight is 370 g/mol. The van der Waals surface area contributed by atoms with Crippen LogP contribution < -0.4 is 5.32 Å². The summed E-state index contributed by atoms with van der Waals surface area (Å²) < 4.78 is 14.1. The Morgan fingerprint density at radius 3 is 2.30 bits per heavy atom. The van der Waals surface area contributed by atoms with E-state index in [1.165, 1.54) is 11.0 Å². The van der Waals surface area contributed by atoms with E-state index in [4.69, 9.17) is 0 Å². The van der Waals surface area contributed by atoms with Crippen molar-refractivity contribution in [2.24, 2.45) is 0 Å². The second-order valence-electron chi connectivity index (χ2n) is 6.77. The highest BCUT2D eigenvalue weighted by Crippen LogP contribution is 2.15. The van der Waals surface area contributed by atoms with Crippen LogP contribution in [0.25, 0.3) is 0 Å². The van der Waals surface area contributed by atoms with E-state index < -0.39 is 6.04 Å². The Kier molecular flexibility index (Phi) is 7.53. The third-order valence-corrected chi connectivity index (χ3v) is 4.67. The molecule has 0 saturated carbocycles. The molecule has 2 amide bonds. The molecular weight excluding hydrogens is 343 g/mol. The van der Waals surface area contributed by atoms with E-state index in [-0.39, 0.29) is 36.6 Å². The lowest BCUT2D eigenvalue weighted by molar-refractivity contribution is -0.140. The molecule has 1 N–H and O–H groups in total. The van der Waals surface area contributed by atoms with Gasteiger partial charge in [0.15, 0.2) is 0 Å². The van der Waals surface area contributed by atoms with E-state index in [2.05, 4.69) is 5.32 Å². The zero-order valence-electron chi connectivity index (χ0n) is 16.1. The smallest absolute Gasteiger partial charge is 0.242 e. The van der Waals surface area contributed by atoms with E-state index in [9.17, 15) is 14.0 Å². The number of nitrogens with zero attached hydrogens (tertiary/aromatic N) is 1. The number of hydrogen-bond acceptors (Lipinski definition) is 2. The van der Waals surface area contributed by atoms with Crippen LogP contribution >= 0.6 is 0 Å². The van der Waals surface area contributed by atoms with Crippen LogP contribution in [0.15, 0.2) is 54.6 Å². The molecule has 0 saturated heterocycles. The van der Waals surface area contributed by atoms with Gasteiger partial charge in [0.05, 0.1) is 6.42 Å². The van der Waals surface area contributed by atoms with E-state index in [0.29, 0.717) is 5.56 Å². The molecule has 2 atom stereocenters. The summed E-state index contributed by atoms with van der Waals surface area (Å²) in [5.74, 6) is -0.831. The Labute approximate surface area is 160 Å². The molecule has 2 unspecified atom stereocenters. The predicted molar refractivity (Wildman–Crippen MR) is 104 cm³/mol. The van der Waals surface area contributed by atoms with Crippen molar-refractivity contribution in [2.75, 3.05) is 0 Å². The molecule has 2 rings (SSSR count). The summed E-state index contributed by atoms with van der Waals surface area (Å²) in [6, 6.07) is 15.0. The summed E-state index contributed by atoms with van der Waals surface area (Å²) in [5.41, 5.74) is 1.25. The van der Waals surface area contributed by atoms with Crippen LogP contribution in [-0.2, 0) is 22.6 Å². The second-order valence-corrected chi connectivity index (χ2v) is 6.77. The van der Waals surface area contributed by atoms with Crippen molar-refractivity contribution in [1.29, 1.82) is 0 Å². The Hall–Kier alpha value is -2.69. The number of hydrogen-bond donors (Lipinski definition) is 1. The molecule has 2 aromatic carbocycles. The highest BCUT2D eigenvalue weighted by atomic mass is 19.1. The van der Waals surface area contributed by atoms with Crippen LogP contribution in [0.1, 0.15) is 38.3 Å². The summed E-state index contributed by atoms with van der Waals surface area (Å²) in [7, 11) is 0. The van der Waals surface area contributed by atoms with Crippen molar-refractivity contribution in [1.82, 2.24) is 10.2 Å². The zero-order valence-corrected chi connectivity index (χ0v) is 16.1. The summed E-state index contributed by atoms with van der Waals surface area (Å²) in [6.45, 7) is 5.62. The summed E-state index contributed by atoms with van der Waals surface area (Å²) in [4.78, 5) is 27.0. The first kappa shape index (κ1) is 20.6. The topological polar surface area (TPSA) is 49.4 Å². The lowest BCUT2D eigenvalue weighted by Crippen LogP contribution is -2.50. The Morgan fingerprint density at radius 2 is 1.67 bits per heavy atom. The van der Waals surface area contributed by atoms with Crippen molar-refractivity contribution < 1.29 is 14.0 Å². The Morgan fingerprint density at radius 1 is 1.04 bits per heavy atom. The van der Waals surface area contributed by atoms with E-state index in [1.54, 1.807) is 25.1 Å². The molecule has 0 aliphatic heterocycles. The van der Waals surface area contributed by atoms with Crippen molar-refractivity contribution in [3.8, 4) is 0 Å². The molecule has 2 aromatic rings. The molecule has 0 aliphatic rings. The Balaban J connectivity index is 2.22. The van der Waals surface area contributed by atoms with Gasteiger partial charge in [0.1, 0.15) is 11.9 Å². The van der Waals surface area contributed by atoms with Crippen LogP contribution in [0.2, 0.25) is 0 Å². The molecule has 0 heterocycles. The van der Waals surface area contributed by atoms with Crippen LogP contribution in [0, 0.1) is 5.82 Å². The number of rotatable bonds is 8. The lowest BCUT2D eigenvalue weighted by atomic mass is 10.1. The van der Waals surface area contributed by atoms with E-state index in [0.717, 1.165) is 12.0 Å². The molecule has 0 fully saturated rings. The summed E-state index contributed by atoms with van der Waals surface area (Å²) in [6.07, 6.45) is 0.958. The predicted octanol–water partition coefficient (Wildman–Crippen LogP) is 3.70. The van der Waals surface area contributed by atoms with Gasteiger partial charge in [-0.25, -0.2) is 4.39 Å². The molecule has 144 valence electrons. The van der Waals surface area contributed by atoms with Crippen LogP contribution in [-0.4, -0.2) is 28.8 Å². The van der Waals surface area contributed by atoms with Crippen molar-refractivity contribution in [3.63, 3.8) is 0 Å². The standard InChI is InChI=1S/C22H27FN2O2/c1-4-16(2)24-22(27)17(3)25(15-19-12-8-9-13-20(19)23)21(26)14-18-10-6-5-7-11-18/h5-13,16-17H,4,14-15H2,1-3H3,(H,24,27). The number of amides is 2. The quantitative estimate of drug-likeness (QED) is 0.770. The van der Waals surface area contributed by atoms with Gasteiger partial charge in [-0.2, -0.15) is 0 Å². The van der Waals surface area contributed by atoms with Gasteiger partial charge >= 0.3 is 0 Å². The Bertz CT molecular complexity index is 764. The molecule has 27 heavy (non-hydrogen) atoms. The van der Waals surface area contributed by atoms with E-state index >= 15 is 0 Å². The van der Waals surface area contributed by atoms with Crippen LogP contribution in [0.3, 0.4) is 0 Å². The average Bonchev–Trinajstić information content (AvgIpc) is 2.67. The molecule has 0 radical (unpaired) electrons. The molecule has 0 bridgehead atoms. The largest absolute Gasteiger partial charge is 0.352 e. The third kappa shape index (κ3) is 5.91. The highest BCUT2D eigenvalue weighted by molar-refractivity contribution is 5.88. The van der Waals surface area contributed by atoms with Gasteiger partial charge in [0.25, 0.3) is 0 Å². The fourth-order valence-electron chi connectivity index (χ4n) is 2.73. The van der Waals surface area contributed by atoms with Gasteiger partial charge in [0, 0.05) is 18.2 Å². The maximum absolute atomic E-state index is 14.1. The fraction of sp³-hybridized carbons (Fsp3) is 0.364. The minimum Gasteiger partial charge on any atom is -0.352 e. The first-order chi connectivity index (χ1) is 12.9. The number of halogens is 1. The normalized spacial score (nSPS) is 12.9. The van der Waals surface area contributed by atoms with Gasteiger partial charge in [-0.1, -0.05) is 55.5 Å². The first-order valence-electron chi connectivity index (χ1n) is 9.29. The van der Waals surface area contributed by atoms with Crippen molar-refractivity contribution in [3.05, 3.63) is 71.5 Å². The molecule has 0 spiro atoms. The van der Waals surface area contributed by atoms with Crippen LogP contribution in [0.5, 0.6) is 0 Å². The summed E-state index contributed by atoms with van der Waals surface area (Å²) in [5, 5.41) is 2.90. The van der Waals surface area contributed by atoms with Gasteiger partial charge < -0.3 is 10.2 Å². The molecule has 4 nitrogen and oxygen atoms in total. The minimum atomic E-state index is -0.699. The summed E-state index contributed by atoms with van der Waals surface area (Å²) >= 11 is 0. The fourth-order valence-corrected chi connectivity index (χ4v) is 2.73. The van der Waals surface area contributed by atoms with Crippen LogP contribution in [0.4, 0.5) is 4.39 Å². The first-order valence-corrected chi connectivity index (χ1v) is 9.29. The van der Waals surface area contributed by atoms with Gasteiger partial charge in [-0.15, -0.1) is 0 Å². The molecule has 0 aromatic heterocycles. The maximum Gasteiger partial charge on any atom is 0.242 e. The van der Waals surface area contributed by atoms with Gasteiger partial charge in [-0.3, -0.25) is 9.59 Å². The molecular formula is C22H27FN2O2. The maximum atomic E-state index is 14.1. The second kappa shape index (κ2) is 9.86. The number of carbonyl (C=O) groups excluding carboxylic acids is 2. The van der Waals surface area contributed by atoms with Gasteiger partial charge in [-0.05, 0) is 31.9 Å². The van der Waals surface area contributed by atoms with Gasteiger partial charge in [0.2, 0.25) is 11.8 Å². The number of carbonyl (C=O) groups is 2. The molecule has 5 heteroatoms. The zero-order chi connectivity index (χ0) is 19.8. The van der Waals surface area contributed by atoms with E-state index in [1.807, 2.05) is 44.2 Å². The number of benzene rings is 2. The van der Waals surface area contributed by atoms with Crippen molar-refractivity contribution >= 4 is 11.8 Å². The third-order valence-electron chi connectivity index (χ3n) is 4.67. The molecule has 0 aliphatic carbocycles. The lowest BCUT2D eigenvalue weighted by Gasteiger charge is -2.30. The number of nitrogens with one attached hydrogen (secondary N) is 1. The van der Waals surface area contributed by atoms with Crippen molar-refractivity contribution in [2.45, 2.75) is 52.2 Å².